The van der Waals surface area contributed by atoms with E-state index < -0.39 is 29.9 Å². The van der Waals surface area contributed by atoms with Crippen LogP contribution >= 0.6 is 0 Å². The van der Waals surface area contributed by atoms with E-state index >= 15 is 0 Å². The first-order valence-corrected chi connectivity index (χ1v) is 8.20. The number of fused-ring (bicyclic) bond motifs is 1. The number of nitrogens with one attached hydrogen (secondary N) is 2. The van der Waals surface area contributed by atoms with Gasteiger partial charge in [0.1, 0.15) is 6.10 Å². The topological polar surface area (TPSA) is 163 Å². The van der Waals surface area contributed by atoms with E-state index in [0.29, 0.717) is 0 Å². The number of aromatic nitrogens is 4. The van der Waals surface area contributed by atoms with Crippen molar-refractivity contribution < 1.29 is 24.9 Å². The number of rotatable bonds is 5. The number of amides is 1. The normalized spacial score (nSPS) is 25.9. The Bertz CT molecular complexity index is 862. The molecule has 1 aliphatic heterocycles. The van der Waals surface area contributed by atoms with Crippen molar-refractivity contribution in [2.45, 2.75) is 32.3 Å². The summed E-state index contributed by atoms with van der Waals surface area (Å²) in [6.07, 6.45) is -1.61. The van der Waals surface area contributed by atoms with Crippen LogP contribution in [0, 0.1) is 11.8 Å². The molecule has 0 aromatic carbocycles. The van der Waals surface area contributed by atoms with Gasteiger partial charge >= 0.3 is 0 Å². The summed E-state index contributed by atoms with van der Waals surface area (Å²) >= 11 is 0. The fourth-order valence-electron chi connectivity index (χ4n) is 2.86. The molecule has 0 bridgehead atoms. The summed E-state index contributed by atoms with van der Waals surface area (Å²) in [5, 5.41) is 31.7. The standard InChI is InChI=1S/C15H21N5O6/c1-6(2)12(24)18-15-17-11-9(13(25)19-15)16-5-20(11)14-10(23)7(3-21)8(4-22)26-14/h5-8,10,14,21-23H,3-4H2,1-2H3,(H2,17,18,19,24,25). The van der Waals surface area contributed by atoms with Crippen LogP contribution in [0.25, 0.3) is 11.2 Å². The van der Waals surface area contributed by atoms with Crippen LogP contribution in [0.3, 0.4) is 0 Å². The number of ether oxygens (including phenoxy) is 1. The highest BCUT2D eigenvalue weighted by molar-refractivity contribution is 5.91. The van der Waals surface area contributed by atoms with Crippen molar-refractivity contribution >= 4 is 23.0 Å². The molecule has 0 radical (unpaired) electrons. The molecule has 4 atom stereocenters. The molecule has 3 heterocycles. The minimum atomic E-state index is -1.13. The van der Waals surface area contributed by atoms with Crippen molar-refractivity contribution in [1.82, 2.24) is 19.5 Å². The lowest BCUT2D eigenvalue weighted by Crippen LogP contribution is -2.30. The Morgan fingerprint density at radius 1 is 1.42 bits per heavy atom. The summed E-state index contributed by atoms with van der Waals surface area (Å²) in [6, 6.07) is 0. The third-order valence-corrected chi connectivity index (χ3v) is 4.39. The largest absolute Gasteiger partial charge is 0.396 e. The second-order valence-electron chi connectivity index (χ2n) is 6.47. The molecule has 2 aromatic heterocycles. The van der Waals surface area contributed by atoms with E-state index in [1.165, 1.54) is 10.9 Å². The van der Waals surface area contributed by atoms with Crippen molar-refractivity contribution in [3.63, 3.8) is 0 Å². The summed E-state index contributed by atoms with van der Waals surface area (Å²) < 4.78 is 6.95. The summed E-state index contributed by atoms with van der Waals surface area (Å²) in [5.41, 5.74) is -0.443. The van der Waals surface area contributed by atoms with Gasteiger partial charge in [-0.15, -0.1) is 0 Å². The zero-order chi connectivity index (χ0) is 19.0. The molecule has 1 amide bonds. The zero-order valence-corrected chi connectivity index (χ0v) is 14.3. The maximum atomic E-state index is 12.2. The SMILES string of the molecule is CC(C)C(=O)Nc1nc2c(ncn2C2OC(CO)C(CO)C2O)c(=O)[nH]1. The van der Waals surface area contributed by atoms with Gasteiger partial charge in [-0.3, -0.25) is 24.5 Å². The second kappa shape index (κ2) is 7.11. The average Bonchev–Trinajstić information content (AvgIpc) is 3.15. The number of anilines is 1. The number of imidazole rings is 1. The molecule has 1 saturated heterocycles. The van der Waals surface area contributed by atoms with Crippen LogP contribution < -0.4 is 10.9 Å². The number of aliphatic hydroxyl groups excluding tert-OH is 3. The number of aliphatic hydroxyl groups is 3. The maximum Gasteiger partial charge on any atom is 0.280 e. The van der Waals surface area contributed by atoms with Gasteiger partial charge in [0.15, 0.2) is 17.4 Å². The molecular weight excluding hydrogens is 346 g/mol. The van der Waals surface area contributed by atoms with E-state index in [1.54, 1.807) is 13.8 Å². The average molecular weight is 367 g/mol. The van der Waals surface area contributed by atoms with E-state index in [1.807, 2.05) is 0 Å². The van der Waals surface area contributed by atoms with Gasteiger partial charge in [-0.2, -0.15) is 4.98 Å². The lowest BCUT2D eigenvalue weighted by molar-refractivity contribution is -0.118. The molecule has 11 nitrogen and oxygen atoms in total. The molecule has 142 valence electrons. The molecule has 0 spiro atoms. The summed E-state index contributed by atoms with van der Waals surface area (Å²) in [4.78, 5) is 34.6. The lowest BCUT2D eigenvalue weighted by Gasteiger charge is -2.17. The van der Waals surface area contributed by atoms with Crippen molar-refractivity contribution in [3.05, 3.63) is 16.7 Å². The first-order valence-electron chi connectivity index (χ1n) is 8.20. The molecule has 5 N–H and O–H groups in total. The number of carbonyl (C=O) groups excluding carboxylic acids is 1. The highest BCUT2D eigenvalue weighted by Crippen LogP contribution is 2.34. The zero-order valence-electron chi connectivity index (χ0n) is 14.3. The van der Waals surface area contributed by atoms with Crippen LogP contribution in [0.4, 0.5) is 5.95 Å². The van der Waals surface area contributed by atoms with Gasteiger partial charge in [0.2, 0.25) is 11.9 Å². The highest BCUT2D eigenvalue weighted by atomic mass is 16.5. The molecule has 4 unspecified atom stereocenters. The van der Waals surface area contributed by atoms with Gasteiger partial charge in [-0.25, -0.2) is 4.98 Å². The number of carbonyl (C=O) groups is 1. The number of H-pyrrole nitrogens is 1. The van der Waals surface area contributed by atoms with Gasteiger partial charge in [0.25, 0.3) is 5.56 Å². The molecule has 26 heavy (non-hydrogen) atoms. The molecule has 11 heteroatoms. The monoisotopic (exact) mass is 367 g/mol. The number of aromatic amines is 1. The van der Waals surface area contributed by atoms with E-state index in [0.717, 1.165) is 0 Å². The van der Waals surface area contributed by atoms with E-state index in [9.17, 15) is 24.9 Å². The van der Waals surface area contributed by atoms with Gasteiger partial charge in [0.05, 0.1) is 25.6 Å². The van der Waals surface area contributed by atoms with Crippen LogP contribution in [-0.4, -0.2) is 66.2 Å². The Balaban J connectivity index is 2.01. The van der Waals surface area contributed by atoms with E-state index in [2.05, 4.69) is 20.3 Å². The second-order valence-corrected chi connectivity index (χ2v) is 6.47. The third kappa shape index (κ3) is 3.09. The Labute approximate surface area is 147 Å². The predicted molar refractivity (Wildman–Crippen MR) is 89.2 cm³/mol. The highest BCUT2D eigenvalue weighted by Gasteiger charge is 2.44. The Morgan fingerprint density at radius 2 is 2.15 bits per heavy atom. The first kappa shape index (κ1) is 18.5. The Kier molecular flexibility index (Phi) is 5.05. The van der Waals surface area contributed by atoms with Crippen molar-refractivity contribution in [1.29, 1.82) is 0 Å². The fraction of sp³-hybridized carbons (Fsp3) is 0.600. The maximum absolute atomic E-state index is 12.2. The number of nitrogens with zero attached hydrogens (tertiary/aromatic N) is 3. The van der Waals surface area contributed by atoms with Crippen LogP contribution in [0.15, 0.2) is 11.1 Å². The summed E-state index contributed by atoms with van der Waals surface area (Å²) in [6.45, 7) is 2.64. The molecule has 0 saturated carbocycles. The van der Waals surface area contributed by atoms with Crippen molar-refractivity contribution in [3.8, 4) is 0 Å². The molecule has 0 aliphatic carbocycles. The van der Waals surface area contributed by atoms with Gasteiger partial charge in [0, 0.05) is 11.8 Å². The van der Waals surface area contributed by atoms with Gasteiger partial charge in [-0.1, -0.05) is 13.8 Å². The molecular formula is C15H21N5O6. The molecule has 3 rings (SSSR count). The third-order valence-electron chi connectivity index (χ3n) is 4.39. The summed E-state index contributed by atoms with van der Waals surface area (Å²) in [7, 11) is 0. The van der Waals surface area contributed by atoms with Crippen LogP contribution in [0.5, 0.6) is 0 Å². The lowest BCUT2D eigenvalue weighted by atomic mass is 9.99. The first-order chi connectivity index (χ1) is 12.4. The van der Waals surface area contributed by atoms with Crippen LogP contribution in [-0.2, 0) is 9.53 Å². The molecule has 1 fully saturated rings. The molecule has 2 aromatic rings. The minimum absolute atomic E-state index is 0.0105. The van der Waals surface area contributed by atoms with Crippen molar-refractivity contribution in [2.75, 3.05) is 18.5 Å². The molecule has 1 aliphatic rings. The van der Waals surface area contributed by atoms with Crippen LogP contribution in [0.2, 0.25) is 0 Å². The number of hydrogen-bond acceptors (Lipinski definition) is 8. The van der Waals surface area contributed by atoms with Gasteiger partial charge < -0.3 is 20.1 Å². The van der Waals surface area contributed by atoms with Gasteiger partial charge in [-0.05, 0) is 0 Å². The summed E-state index contributed by atoms with van der Waals surface area (Å²) in [5.74, 6) is -1.37. The smallest absolute Gasteiger partial charge is 0.280 e. The predicted octanol–water partition coefficient (Wildman–Crippen LogP) is -1.43. The van der Waals surface area contributed by atoms with E-state index in [-0.39, 0.29) is 42.2 Å². The number of hydrogen-bond donors (Lipinski definition) is 5. The van der Waals surface area contributed by atoms with E-state index in [4.69, 9.17) is 4.74 Å². The van der Waals surface area contributed by atoms with Crippen LogP contribution in [0.1, 0.15) is 20.1 Å². The minimum Gasteiger partial charge on any atom is -0.396 e. The van der Waals surface area contributed by atoms with Crippen molar-refractivity contribution in [2.24, 2.45) is 11.8 Å². The Hall–Kier alpha value is -2.34. The Morgan fingerprint density at radius 3 is 2.73 bits per heavy atom. The fourth-order valence-corrected chi connectivity index (χ4v) is 2.86. The quantitative estimate of drug-likeness (QED) is 0.430.